The number of hydrogen-bond acceptors (Lipinski definition) is 5. The summed E-state index contributed by atoms with van der Waals surface area (Å²) in [5.41, 5.74) is 10.6. The van der Waals surface area contributed by atoms with Crippen LogP contribution >= 0.6 is 0 Å². The van der Waals surface area contributed by atoms with E-state index in [9.17, 15) is 0 Å². The average Bonchev–Trinajstić information content (AvgIpc) is 3.67. The van der Waals surface area contributed by atoms with Crippen LogP contribution in [-0.4, -0.2) is 32.5 Å². The van der Waals surface area contributed by atoms with Crippen molar-refractivity contribution in [2.45, 2.75) is 64.3 Å². The van der Waals surface area contributed by atoms with Crippen molar-refractivity contribution in [2.24, 2.45) is 5.92 Å². The van der Waals surface area contributed by atoms with Crippen LogP contribution in [0.2, 0.25) is 0 Å². The number of fused-ring (bicyclic) bond motifs is 5. The Kier molecular flexibility index (Phi) is 6.41. The van der Waals surface area contributed by atoms with Gasteiger partial charge in [0.05, 0.1) is 20.3 Å². The second-order valence-corrected chi connectivity index (χ2v) is 12.0. The van der Waals surface area contributed by atoms with E-state index in [1.807, 2.05) is 0 Å². The first kappa shape index (κ1) is 25.4. The molecule has 3 aromatic carbocycles. The van der Waals surface area contributed by atoms with Crippen molar-refractivity contribution >= 4 is 11.3 Å². The predicted octanol–water partition coefficient (Wildman–Crippen LogP) is 7.77. The number of nitrogens with zero attached hydrogens (tertiary/aromatic N) is 1. The first-order valence-electron chi connectivity index (χ1n) is 14.8. The number of benzene rings is 3. The lowest BCUT2D eigenvalue weighted by atomic mass is 9.76. The van der Waals surface area contributed by atoms with Gasteiger partial charge in [0.2, 0.25) is 6.79 Å². The fourth-order valence-corrected chi connectivity index (χ4v) is 7.49. The predicted molar refractivity (Wildman–Crippen MR) is 158 cm³/mol. The van der Waals surface area contributed by atoms with Crippen molar-refractivity contribution < 1.29 is 18.9 Å². The van der Waals surface area contributed by atoms with Crippen LogP contribution in [0.5, 0.6) is 23.0 Å². The van der Waals surface area contributed by atoms with Crippen LogP contribution in [0, 0.1) is 5.92 Å². The topological polar surface area (TPSA) is 40.2 Å². The Labute approximate surface area is 237 Å². The van der Waals surface area contributed by atoms with Crippen molar-refractivity contribution in [3.8, 4) is 23.0 Å². The Morgan fingerprint density at radius 3 is 2.35 bits per heavy atom. The SMILES string of the molecule is COc1ccc2c(c1OC)C(C1CCCC1)N1CCc3cc4c(cc3C1=C2Cc1ccc(C(C)C)cc1)OCO4. The third-order valence-electron chi connectivity index (χ3n) is 9.46. The molecule has 0 amide bonds. The lowest BCUT2D eigenvalue weighted by Gasteiger charge is -2.48. The highest BCUT2D eigenvalue weighted by Gasteiger charge is 2.43. The molecule has 40 heavy (non-hydrogen) atoms. The summed E-state index contributed by atoms with van der Waals surface area (Å²) in [6.07, 6.45) is 6.90. The van der Waals surface area contributed by atoms with Crippen LogP contribution < -0.4 is 18.9 Å². The molecule has 0 aromatic heterocycles. The Balaban J connectivity index is 1.48. The zero-order valence-corrected chi connectivity index (χ0v) is 24.1. The van der Waals surface area contributed by atoms with Crippen molar-refractivity contribution in [1.82, 2.24) is 4.90 Å². The Morgan fingerprint density at radius 1 is 0.900 bits per heavy atom. The van der Waals surface area contributed by atoms with E-state index in [1.54, 1.807) is 14.2 Å². The van der Waals surface area contributed by atoms with Crippen molar-refractivity contribution in [1.29, 1.82) is 0 Å². The number of methoxy groups -OCH3 is 2. The molecular formula is C35H39NO4. The van der Waals surface area contributed by atoms with Gasteiger partial charge in [-0.25, -0.2) is 0 Å². The fourth-order valence-electron chi connectivity index (χ4n) is 7.49. The van der Waals surface area contributed by atoms with Crippen LogP contribution in [-0.2, 0) is 12.8 Å². The van der Waals surface area contributed by atoms with Gasteiger partial charge >= 0.3 is 0 Å². The summed E-state index contributed by atoms with van der Waals surface area (Å²) in [5, 5.41) is 0. The van der Waals surface area contributed by atoms with Crippen LogP contribution in [0.3, 0.4) is 0 Å². The zero-order valence-electron chi connectivity index (χ0n) is 24.1. The molecule has 0 bridgehead atoms. The molecule has 3 heterocycles. The second kappa shape index (κ2) is 10.1. The molecule has 0 saturated heterocycles. The maximum atomic E-state index is 6.16. The zero-order chi connectivity index (χ0) is 27.4. The summed E-state index contributed by atoms with van der Waals surface area (Å²) in [6, 6.07) is 18.3. The van der Waals surface area contributed by atoms with Gasteiger partial charge < -0.3 is 23.8 Å². The molecule has 1 fully saturated rings. The highest BCUT2D eigenvalue weighted by molar-refractivity contribution is 5.96. The van der Waals surface area contributed by atoms with Crippen LogP contribution in [0.1, 0.15) is 84.9 Å². The molecule has 5 heteroatoms. The molecule has 7 rings (SSSR count). The Hall–Kier alpha value is -3.60. The Bertz CT molecular complexity index is 1470. The molecule has 3 aliphatic heterocycles. The summed E-state index contributed by atoms with van der Waals surface area (Å²) < 4.78 is 23.7. The fraction of sp³-hybridized carbons (Fsp3) is 0.429. The normalized spacial score (nSPS) is 19.5. The van der Waals surface area contributed by atoms with Gasteiger partial charge in [-0.15, -0.1) is 0 Å². The van der Waals surface area contributed by atoms with Gasteiger partial charge in [-0.05, 0) is 77.1 Å². The maximum Gasteiger partial charge on any atom is 0.231 e. The van der Waals surface area contributed by atoms with Crippen LogP contribution in [0.4, 0.5) is 0 Å². The second-order valence-electron chi connectivity index (χ2n) is 12.0. The van der Waals surface area contributed by atoms with E-state index in [4.69, 9.17) is 18.9 Å². The monoisotopic (exact) mass is 537 g/mol. The number of rotatable bonds is 6. The smallest absolute Gasteiger partial charge is 0.231 e. The number of allylic oxidation sites excluding steroid dienone is 1. The average molecular weight is 538 g/mol. The van der Waals surface area contributed by atoms with E-state index in [2.05, 4.69) is 67.3 Å². The molecular weight excluding hydrogens is 498 g/mol. The largest absolute Gasteiger partial charge is 0.493 e. The third kappa shape index (κ3) is 4.05. The number of hydrogen-bond donors (Lipinski definition) is 0. The third-order valence-corrected chi connectivity index (χ3v) is 9.46. The Morgan fingerprint density at radius 2 is 1.65 bits per heavy atom. The number of ether oxygens (including phenoxy) is 4. The van der Waals surface area contributed by atoms with Crippen molar-refractivity contribution in [3.63, 3.8) is 0 Å². The van der Waals surface area contributed by atoms with Gasteiger partial charge in [0.25, 0.3) is 0 Å². The molecule has 208 valence electrons. The molecule has 1 atom stereocenters. The van der Waals surface area contributed by atoms with E-state index < -0.39 is 0 Å². The molecule has 1 unspecified atom stereocenters. The van der Waals surface area contributed by atoms with E-state index in [0.717, 1.165) is 42.4 Å². The van der Waals surface area contributed by atoms with Gasteiger partial charge in [-0.1, -0.05) is 57.0 Å². The van der Waals surface area contributed by atoms with Crippen molar-refractivity contribution in [2.75, 3.05) is 27.6 Å². The minimum absolute atomic E-state index is 0.253. The highest BCUT2D eigenvalue weighted by Crippen LogP contribution is 2.57. The van der Waals surface area contributed by atoms with E-state index in [-0.39, 0.29) is 6.04 Å². The summed E-state index contributed by atoms with van der Waals surface area (Å²) in [7, 11) is 3.54. The van der Waals surface area contributed by atoms with Gasteiger partial charge in [-0.3, -0.25) is 0 Å². The molecule has 0 spiro atoms. The molecule has 4 aliphatic rings. The van der Waals surface area contributed by atoms with Crippen LogP contribution in [0.15, 0.2) is 48.5 Å². The lowest BCUT2D eigenvalue weighted by Crippen LogP contribution is -2.40. The highest BCUT2D eigenvalue weighted by atomic mass is 16.7. The van der Waals surface area contributed by atoms with Gasteiger partial charge in [0.15, 0.2) is 23.0 Å². The first-order chi connectivity index (χ1) is 19.6. The summed E-state index contributed by atoms with van der Waals surface area (Å²) in [5.74, 6) is 4.52. The minimum atomic E-state index is 0.253. The van der Waals surface area contributed by atoms with Crippen LogP contribution in [0.25, 0.3) is 11.3 Å². The van der Waals surface area contributed by atoms with Crippen molar-refractivity contribution in [3.05, 3.63) is 81.9 Å². The molecule has 1 aliphatic carbocycles. The first-order valence-corrected chi connectivity index (χ1v) is 14.8. The molecule has 5 nitrogen and oxygen atoms in total. The van der Waals surface area contributed by atoms with E-state index >= 15 is 0 Å². The van der Waals surface area contributed by atoms with Gasteiger partial charge in [-0.2, -0.15) is 0 Å². The standard InChI is InChI=1S/C35H39NO4/c1-21(2)23-11-9-22(10-12-23)17-28-26-13-14-29(37-3)35(38-4)32(26)33(24-7-5-6-8-24)36-16-15-25-18-30-31(40-20-39-30)19-27(25)34(28)36/h9-14,18-19,21,24,33H,5-8,15-17,20H2,1-4H3. The molecule has 3 aromatic rings. The molecule has 1 saturated carbocycles. The maximum absolute atomic E-state index is 6.16. The molecule has 0 N–H and O–H groups in total. The minimum Gasteiger partial charge on any atom is -0.493 e. The summed E-state index contributed by atoms with van der Waals surface area (Å²) in [4.78, 5) is 2.71. The summed E-state index contributed by atoms with van der Waals surface area (Å²) >= 11 is 0. The quantitative estimate of drug-likeness (QED) is 0.321. The van der Waals surface area contributed by atoms with E-state index in [1.165, 1.54) is 70.3 Å². The lowest BCUT2D eigenvalue weighted by molar-refractivity contribution is 0.174. The van der Waals surface area contributed by atoms with E-state index in [0.29, 0.717) is 18.6 Å². The molecule has 0 radical (unpaired) electrons. The van der Waals surface area contributed by atoms with Gasteiger partial charge in [0, 0.05) is 29.8 Å². The summed E-state index contributed by atoms with van der Waals surface area (Å²) in [6.45, 7) is 5.76. The van der Waals surface area contributed by atoms with Gasteiger partial charge in [0.1, 0.15) is 0 Å².